The number of hydrogen-bond acceptors (Lipinski definition) is 9. The van der Waals surface area contributed by atoms with Crippen LogP contribution in [0.3, 0.4) is 0 Å². The molecule has 1 amide bonds. The molecule has 40 heavy (non-hydrogen) atoms. The number of aliphatic hydroxyl groups is 1. The van der Waals surface area contributed by atoms with E-state index in [0.717, 1.165) is 29.7 Å². The zero-order valence-corrected chi connectivity index (χ0v) is 24.0. The number of ether oxygens (including phenoxy) is 3. The number of nitrogens with zero attached hydrogens (tertiary/aromatic N) is 2. The summed E-state index contributed by atoms with van der Waals surface area (Å²) in [5.74, 6) is -1.31. The quantitative estimate of drug-likeness (QED) is 0.143. The van der Waals surface area contributed by atoms with Crippen molar-refractivity contribution < 1.29 is 33.7 Å². The highest BCUT2D eigenvalue weighted by atomic mass is 32.1. The Hall–Kier alpha value is -4.18. The van der Waals surface area contributed by atoms with Crippen molar-refractivity contribution in [3.63, 3.8) is 0 Å². The molecule has 210 valence electrons. The Morgan fingerprint density at radius 1 is 1.02 bits per heavy atom. The maximum Gasteiger partial charge on any atom is 0.350 e. The number of carbonyl (C=O) groups excluding carboxylic acids is 3. The average molecular weight is 565 g/mol. The van der Waals surface area contributed by atoms with Crippen molar-refractivity contribution in [3.8, 4) is 11.5 Å². The third-order valence-corrected chi connectivity index (χ3v) is 7.52. The number of anilines is 1. The van der Waals surface area contributed by atoms with Gasteiger partial charge in [0.25, 0.3) is 5.78 Å². The largest absolute Gasteiger partial charge is 0.507 e. The highest BCUT2D eigenvalue weighted by molar-refractivity contribution is 7.17. The lowest BCUT2D eigenvalue weighted by atomic mass is 9.95. The van der Waals surface area contributed by atoms with E-state index < -0.39 is 23.7 Å². The third kappa shape index (κ3) is 5.58. The van der Waals surface area contributed by atoms with E-state index in [0.29, 0.717) is 41.5 Å². The van der Waals surface area contributed by atoms with Crippen molar-refractivity contribution in [3.05, 3.63) is 75.3 Å². The van der Waals surface area contributed by atoms with Gasteiger partial charge in [0.15, 0.2) is 5.13 Å². The SMILES string of the molecule is CCCOc1ccc(C2/C(=C(\O)c3ccc(OCCC)c(C)c3)C(=O)C(=O)N2c2nc(C)c(C(=O)OC)s2)cc1. The van der Waals surface area contributed by atoms with E-state index in [1.54, 1.807) is 49.4 Å². The Labute approximate surface area is 237 Å². The zero-order valence-electron chi connectivity index (χ0n) is 23.1. The molecule has 1 aromatic heterocycles. The van der Waals surface area contributed by atoms with Crippen LogP contribution in [0.15, 0.2) is 48.0 Å². The molecule has 9 nitrogen and oxygen atoms in total. The van der Waals surface area contributed by atoms with E-state index in [9.17, 15) is 19.5 Å². The topological polar surface area (TPSA) is 115 Å². The molecule has 0 bridgehead atoms. The molecule has 0 radical (unpaired) electrons. The van der Waals surface area contributed by atoms with Gasteiger partial charge in [-0.05, 0) is 68.1 Å². The highest BCUT2D eigenvalue weighted by Crippen LogP contribution is 2.44. The van der Waals surface area contributed by atoms with Gasteiger partial charge in [-0.3, -0.25) is 14.5 Å². The Balaban J connectivity index is 1.86. The Bertz CT molecular complexity index is 1460. The van der Waals surface area contributed by atoms with Gasteiger partial charge >= 0.3 is 11.9 Å². The van der Waals surface area contributed by atoms with Gasteiger partial charge in [-0.2, -0.15) is 0 Å². The van der Waals surface area contributed by atoms with Crippen LogP contribution in [-0.4, -0.2) is 48.1 Å². The summed E-state index contributed by atoms with van der Waals surface area (Å²) in [6, 6.07) is 11.1. The first-order valence-corrected chi connectivity index (χ1v) is 13.9. The first-order chi connectivity index (χ1) is 19.2. The molecule has 1 saturated heterocycles. The molecule has 10 heteroatoms. The van der Waals surface area contributed by atoms with E-state index in [1.807, 2.05) is 20.8 Å². The van der Waals surface area contributed by atoms with E-state index in [2.05, 4.69) is 4.98 Å². The van der Waals surface area contributed by atoms with Gasteiger partial charge in [0, 0.05) is 5.56 Å². The van der Waals surface area contributed by atoms with Gasteiger partial charge in [0.2, 0.25) is 0 Å². The molecule has 1 aliphatic rings. The molecule has 1 N–H and O–H groups in total. The normalized spacial score (nSPS) is 16.3. The molecule has 0 aliphatic carbocycles. The maximum atomic E-state index is 13.5. The van der Waals surface area contributed by atoms with Crippen molar-refractivity contribution in [2.45, 2.75) is 46.6 Å². The third-order valence-electron chi connectivity index (χ3n) is 6.39. The van der Waals surface area contributed by atoms with E-state index >= 15 is 0 Å². The van der Waals surface area contributed by atoms with Gasteiger partial charge in [0.05, 0.1) is 37.6 Å². The lowest BCUT2D eigenvalue weighted by molar-refractivity contribution is -0.132. The summed E-state index contributed by atoms with van der Waals surface area (Å²) in [6.45, 7) is 8.59. The Morgan fingerprint density at radius 2 is 1.70 bits per heavy atom. The second-order valence-corrected chi connectivity index (χ2v) is 10.3. The van der Waals surface area contributed by atoms with Crippen LogP contribution in [0.4, 0.5) is 5.13 Å². The van der Waals surface area contributed by atoms with Crippen LogP contribution in [0.25, 0.3) is 5.76 Å². The molecule has 4 rings (SSSR count). The van der Waals surface area contributed by atoms with Crippen molar-refractivity contribution in [2.75, 3.05) is 25.2 Å². The first kappa shape index (κ1) is 28.8. The number of rotatable bonds is 10. The summed E-state index contributed by atoms with van der Waals surface area (Å²) in [5, 5.41) is 11.6. The molecule has 1 aliphatic heterocycles. The number of hydrogen-bond donors (Lipinski definition) is 1. The lowest BCUT2D eigenvalue weighted by Crippen LogP contribution is -2.29. The molecule has 0 saturated carbocycles. The van der Waals surface area contributed by atoms with Gasteiger partial charge in [0.1, 0.15) is 22.1 Å². The number of ketones is 1. The minimum atomic E-state index is -0.993. The summed E-state index contributed by atoms with van der Waals surface area (Å²) in [5.41, 5.74) is 2.00. The minimum Gasteiger partial charge on any atom is -0.507 e. The molecule has 0 spiro atoms. The highest BCUT2D eigenvalue weighted by Gasteiger charge is 2.48. The zero-order chi connectivity index (χ0) is 29.0. The minimum absolute atomic E-state index is 0.0821. The number of Topliss-reactive ketones (excluding diaryl/α,β-unsaturated/α-hetero) is 1. The fourth-order valence-electron chi connectivity index (χ4n) is 4.40. The predicted molar refractivity (Wildman–Crippen MR) is 152 cm³/mol. The van der Waals surface area contributed by atoms with Crippen LogP contribution in [0.2, 0.25) is 0 Å². The number of esters is 1. The maximum absolute atomic E-state index is 13.5. The van der Waals surface area contributed by atoms with Crippen molar-refractivity contribution >= 4 is 39.9 Å². The van der Waals surface area contributed by atoms with E-state index in [4.69, 9.17) is 14.2 Å². The number of carbonyl (C=O) groups is 3. The lowest BCUT2D eigenvalue weighted by Gasteiger charge is -2.23. The Kier molecular flexibility index (Phi) is 8.89. The molecule has 2 heterocycles. The van der Waals surface area contributed by atoms with E-state index in [-0.39, 0.29) is 21.3 Å². The van der Waals surface area contributed by atoms with Crippen molar-refractivity contribution in [1.29, 1.82) is 0 Å². The molecule has 3 aromatic rings. The predicted octanol–water partition coefficient (Wildman–Crippen LogP) is 5.75. The van der Waals surface area contributed by atoms with Gasteiger partial charge < -0.3 is 19.3 Å². The van der Waals surface area contributed by atoms with Crippen LogP contribution in [0.1, 0.15) is 64.8 Å². The Morgan fingerprint density at radius 3 is 2.33 bits per heavy atom. The summed E-state index contributed by atoms with van der Waals surface area (Å²) < 4.78 is 16.3. The number of aromatic nitrogens is 1. The number of aryl methyl sites for hydroxylation is 2. The summed E-state index contributed by atoms with van der Waals surface area (Å²) in [6.07, 6.45) is 1.69. The molecular formula is C30H32N2O7S. The fraction of sp³-hybridized carbons (Fsp3) is 0.333. The average Bonchev–Trinajstić information content (AvgIpc) is 3.46. The smallest absolute Gasteiger partial charge is 0.350 e. The standard InChI is InChI=1S/C30H32N2O7S/c1-6-14-38-21-11-8-19(9-12-21)24-23(25(33)20-10-13-22(17(3)16-20)39-15-7-2)26(34)28(35)32(24)30-31-18(4)27(40-30)29(36)37-5/h8-13,16,24,33H,6-7,14-15H2,1-5H3/b25-23+. The van der Waals surface area contributed by atoms with Crippen LogP contribution in [0.5, 0.6) is 11.5 Å². The van der Waals surface area contributed by atoms with Gasteiger partial charge in [-0.1, -0.05) is 37.3 Å². The van der Waals surface area contributed by atoms with Crippen LogP contribution in [-0.2, 0) is 14.3 Å². The number of methoxy groups -OCH3 is 1. The van der Waals surface area contributed by atoms with Gasteiger partial charge in [-0.25, -0.2) is 9.78 Å². The number of amides is 1. The van der Waals surface area contributed by atoms with Gasteiger partial charge in [-0.15, -0.1) is 0 Å². The second kappa shape index (κ2) is 12.3. The van der Waals surface area contributed by atoms with Crippen LogP contribution in [0, 0.1) is 13.8 Å². The monoisotopic (exact) mass is 564 g/mol. The number of thiazole rings is 1. The fourth-order valence-corrected chi connectivity index (χ4v) is 5.42. The molecule has 1 fully saturated rings. The molecule has 2 aromatic carbocycles. The molecular weight excluding hydrogens is 532 g/mol. The van der Waals surface area contributed by atoms with Crippen LogP contribution >= 0.6 is 11.3 Å². The molecule has 1 unspecified atom stereocenters. The molecule has 1 atom stereocenters. The van der Waals surface area contributed by atoms with Crippen molar-refractivity contribution in [2.24, 2.45) is 0 Å². The first-order valence-electron chi connectivity index (χ1n) is 13.0. The van der Waals surface area contributed by atoms with Crippen molar-refractivity contribution in [1.82, 2.24) is 4.98 Å². The second-order valence-electron chi connectivity index (χ2n) is 9.32. The number of aliphatic hydroxyl groups excluding tert-OH is 1. The van der Waals surface area contributed by atoms with E-state index in [1.165, 1.54) is 12.0 Å². The summed E-state index contributed by atoms with van der Waals surface area (Å²) in [7, 11) is 1.26. The van der Waals surface area contributed by atoms with Crippen LogP contribution < -0.4 is 14.4 Å². The number of benzene rings is 2. The summed E-state index contributed by atoms with van der Waals surface area (Å²) >= 11 is 0.951. The summed E-state index contributed by atoms with van der Waals surface area (Å²) in [4.78, 5) is 45.1.